The lowest BCUT2D eigenvalue weighted by Crippen LogP contribution is -2.43. The molecule has 0 spiro atoms. The molecule has 0 amide bonds. The van der Waals surface area contributed by atoms with E-state index >= 15 is 0 Å². The van der Waals surface area contributed by atoms with E-state index in [4.69, 9.17) is 16.9 Å². The van der Waals surface area contributed by atoms with Crippen molar-refractivity contribution in [2.24, 2.45) is 5.92 Å². The number of hydrogen-bond donors (Lipinski definition) is 0. The molecule has 2 heterocycles. The van der Waals surface area contributed by atoms with Gasteiger partial charge in [-0.05, 0) is 25.7 Å². The molecule has 0 N–H and O–H groups in total. The molecule has 2 nitrogen and oxygen atoms in total. The number of nitrogens with zero attached hydrogens (tertiary/aromatic N) is 2. The summed E-state index contributed by atoms with van der Waals surface area (Å²) in [5.41, 5.74) is 0. The molecule has 0 aliphatic carbocycles. The summed E-state index contributed by atoms with van der Waals surface area (Å²) in [5, 5.41) is 9.63. The van der Waals surface area contributed by atoms with Gasteiger partial charge in [0.15, 0.2) is 0 Å². The molecule has 2 unspecified atom stereocenters. The van der Waals surface area contributed by atoms with Gasteiger partial charge in [-0.15, -0.1) is 0 Å². The highest BCUT2D eigenvalue weighted by atomic mass is 35.5. The molecule has 2 saturated heterocycles. The average molecular weight is 211 g/mol. The zero-order valence-corrected chi connectivity index (χ0v) is 9.00. The summed E-state index contributed by atoms with van der Waals surface area (Å²) < 4.78 is 0. The minimum absolute atomic E-state index is 0.271. The topological polar surface area (TPSA) is 27.0 Å². The zero-order valence-electron chi connectivity index (χ0n) is 8.25. The average Bonchev–Trinajstić information content (AvgIpc) is 2.38. The van der Waals surface area contributed by atoms with E-state index in [1.807, 2.05) is 0 Å². The smallest absolute Gasteiger partial charge is 0.0657 e. The van der Waals surface area contributed by atoms with Crippen LogP contribution >= 0.6 is 11.6 Å². The van der Waals surface area contributed by atoms with E-state index in [2.05, 4.69) is 17.5 Å². The van der Waals surface area contributed by atoms with Crippen molar-refractivity contribution in [1.29, 1.82) is 5.26 Å². The fraction of sp³-hybridized carbons (Fsp3) is 0.727. The highest BCUT2D eigenvalue weighted by molar-refractivity contribution is 6.29. The molecule has 2 fully saturated rings. The van der Waals surface area contributed by atoms with Gasteiger partial charge < -0.3 is 0 Å². The minimum Gasteiger partial charge on any atom is -0.292 e. The first kappa shape index (κ1) is 10.0. The minimum atomic E-state index is 0.271. The maximum Gasteiger partial charge on any atom is 0.0657 e. The molecule has 2 bridgehead atoms. The summed E-state index contributed by atoms with van der Waals surface area (Å²) in [7, 11) is 0. The van der Waals surface area contributed by atoms with Crippen LogP contribution in [0.25, 0.3) is 0 Å². The van der Waals surface area contributed by atoms with E-state index in [1.54, 1.807) is 0 Å². The Kier molecular flexibility index (Phi) is 2.80. The quantitative estimate of drug-likeness (QED) is 0.701. The van der Waals surface area contributed by atoms with Gasteiger partial charge in [0.05, 0.1) is 6.07 Å². The first-order chi connectivity index (χ1) is 6.70. The lowest BCUT2D eigenvalue weighted by Gasteiger charge is -2.36. The zero-order chi connectivity index (χ0) is 10.1. The van der Waals surface area contributed by atoms with Crippen LogP contribution in [-0.4, -0.2) is 23.5 Å². The Morgan fingerprint density at radius 1 is 1.43 bits per heavy atom. The van der Waals surface area contributed by atoms with Gasteiger partial charge in [-0.1, -0.05) is 18.2 Å². The van der Waals surface area contributed by atoms with Gasteiger partial charge in [-0.3, -0.25) is 4.90 Å². The molecule has 76 valence electrons. The Hall–Kier alpha value is -0.520. The second-order valence-electron chi connectivity index (χ2n) is 4.37. The van der Waals surface area contributed by atoms with Gasteiger partial charge in [0, 0.05) is 29.6 Å². The van der Waals surface area contributed by atoms with Crippen LogP contribution < -0.4 is 0 Å². The summed E-state index contributed by atoms with van der Waals surface area (Å²) in [5.74, 6) is 0.271. The van der Waals surface area contributed by atoms with Crippen molar-refractivity contribution in [3.05, 3.63) is 11.6 Å². The Balaban J connectivity index is 2.03. The molecular formula is C11H15ClN2. The standard InChI is InChI=1S/C11H15ClN2/c1-8(12)7-14-10-2-3-11(14)5-9(4-10)6-13/h9-11H,1-5,7H2. The van der Waals surface area contributed by atoms with Gasteiger partial charge in [0.2, 0.25) is 0 Å². The molecule has 2 atom stereocenters. The van der Waals surface area contributed by atoms with Crippen LogP contribution in [0.3, 0.4) is 0 Å². The van der Waals surface area contributed by atoms with Crippen LogP contribution in [0.1, 0.15) is 25.7 Å². The lowest BCUT2D eigenvalue weighted by atomic mass is 9.92. The summed E-state index contributed by atoms with van der Waals surface area (Å²) in [4.78, 5) is 2.43. The first-order valence-corrected chi connectivity index (χ1v) is 5.57. The van der Waals surface area contributed by atoms with Crippen molar-refractivity contribution in [2.75, 3.05) is 6.54 Å². The van der Waals surface area contributed by atoms with E-state index in [0.29, 0.717) is 12.1 Å². The van der Waals surface area contributed by atoms with Gasteiger partial charge in [-0.2, -0.15) is 5.26 Å². The van der Waals surface area contributed by atoms with Gasteiger partial charge in [0.25, 0.3) is 0 Å². The normalized spacial score (nSPS) is 36.7. The second kappa shape index (κ2) is 3.92. The van der Waals surface area contributed by atoms with Crippen LogP contribution in [0.4, 0.5) is 0 Å². The predicted molar refractivity (Wildman–Crippen MR) is 56.8 cm³/mol. The summed E-state index contributed by atoms with van der Waals surface area (Å²) in [6.07, 6.45) is 4.51. The van der Waals surface area contributed by atoms with Crippen LogP contribution in [0.2, 0.25) is 0 Å². The van der Waals surface area contributed by atoms with Crippen LogP contribution in [0.15, 0.2) is 11.6 Å². The fourth-order valence-corrected chi connectivity index (χ4v) is 2.97. The Morgan fingerprint density at radius 3 is 2.43 bits per heavy atom. The number of hydrogen-bond acceptors (Lipinski definition) is 2. The fourth-order valence-electron chi connectivity index (χ4n) is 2.84. The van der Waals surface area contributed by atoms with E-state index in [0.717, 1.165) is 24.4 Å². The lowest BCUT2D eigenvalue weighted by molar-refractivity contribution is 0.135. The third-order valence-electron chi connectivity index (χ3n) is 3.42. The maximum absolute atomic E-state index is 8.91. The molecule has 14 heavy (non-hydrogen) atoms. The van der Waals surface area contributed by atoms with Crippen LogP contribution in [-0.2, 0) is 0 Å². The van der Waals surface area contributed by atoms with E-state index in [9.17, 15) is 0 Å². The molecule has 0 saturated carbocycles. The molecule has 3 heteroatoms. The highest BCUT2D eigenvalue weighted by Gasteiger charge is 2.40. The van der Waals surface area contributed by atoms with Crippen molar-refractivity contribution in [2.45, 2.75) is 37.8 Å². The molecular weight excluding hydrogens is 196 g/mol. The van der Waals surface area contributed by atoms with E-state index in [1.165, 1.54) is 12.8 Å². The van der Waals surface area contributed by atoms with Crippen molar-refractivity contribution < 1.29 is 0 Å². The molecule has 2 aliphatic rings. The highest BCUT2D eigenvalue weighted by Crippen LogP contribution is 2.38. The summed E-state index contributed by atoms with van der Waals surface area (Å²) >= 11 is 5.84. The van der Waals surface area contributed by atoms with Gasteiger partial charge in [0.1, 0.15) is 0 Å². The Labute approximate surface area is 90.1 Å². The molecule has 2 rings (SSSR count). The third kappa shape index (κ3) is 1.80. The monoisotopic (exact) mass is 210 g/mol. The second-order valence-corrected chi connectivity index (χ2v) is 4.91. The van der Waals surface area contributed by atoms with Crippen molar-refractivity contribution in [1.82, 2.24) is 4.90 Å². The molecule has 0 radical (unpaired) electrons. The number of piperidine rings is 1. The van der Waals surface area contributed by atoms with Crippen molar-refractivity contribution in [3.8, 4) is 6.07 Å². The molecule has 0 aromatic heterocycles. The molecule has 2 aliphatic heterocycles. The summed E-state index contributed by atoms with van der Waals surface area (Å²) in [6, 6.07) is 3.55. The largest absolute Gasteiger partial charge is 0.292 e. The molecule has 0 aromatic carbocycles. The van der Waals surface area contributed by atoms with E-state index < -0.39 is 0 Å². The number of nitriles is 1. The van der Waals surface area contributed by atoms with Crippen molar-refractivity contribution in [3.63, 3.8) is 0 Å². The number of fused-ring (bicyclic) bond motifs is 2. The maximum atomic E-state index is 8.91. The SMILES string of the molecule is C=C(Cl)CN1C2CCC1CC(C#N)C2. The Bertz CT molecular complexity index is 268. The van der Waals surface area contributed by atoms with Crippen LogP contribution in [0.5, 0.6) is 0 Å². The van der Waals surface area contributed by atoms with Crippen LogP contribution in [0, 0.1) is 17.2 Å². The number of halogens is 1. The first-order valence-electron chi connectivity index (χ1n) is 5.19. The molecule has 0 aromatic rings. The van der Waals surface area contributed by atoms with Gasteiger partial charge >= 0.3 is 0 Å². The third-order valence-corrected chi connectivity index (χ3v) is 3.54. The van der Waals surface area contributed by atoms with E-state index in [-0.39, 0.29) is 5.92 Å². The van der Waals surface area contributed by atoms with Gasteiger partial charge in [-0.25, -0.2) is 0 Å². The Morgan fingerprint density at radius 2 is 2.00 bits per heavy atom. The predicted octanol–water partition coefficient (Wildman–Crippen LogP) is 2.51. The van der Waals surface area contributed by atoms with Crippen molar-refractivity contribution >= 4 is 11.6 Å². The number of rotatable bonds is 2. The summed E-state index contributed by atoms with van der Waals surface area (Å²) in [6.45, 7) is 4.54.